The standard InChI is InChI=1S/C25H17F3N6O2/c1-15-10-21(25(26,27)28)33-34(15)23-20(18-6-2-4-16(11-18)8-9-22(35)36)14-30-24(32-23)31-19-7-3-5-17(12-19)13-29/h2-12,14H,1H3,(H,35,36)(H,30,31,32). The normalized spacial score (nSPS) is 11.4. The lowest BCUT2D eigenvalue weighted by atomic mass is 10.0. The number of anilines is 2. The minimum Gasteiger partial charge on any atom is -0.478 e. The van der Waals surface area contributed by atoms with Crippen LogP contribution in [0.15, 0.2) is 66.9 Å². The Hall–Kier alpha value is -4.98. The third-order valence-corrected chi connectivity index (χ3v) is 5.01. The second-order valence-corrected chi connectivity index (χ2v) is 7.63. The molecule has 0 amide bonds. The number of carboxylic acids is 1. The van der Waals surface area contributed by atoms with Crippen molar-refractivity contribution in [3.63, 3.8) is 0 Å². The van der Waals surface area contributed by atoms with Crippen LogP contribution in [0.25, 0.3) is 23.0 Å². The molecule has 36 heavy (non-hydrogen) atoms. The first kappa shape index (κ1) is 24.2. The zero-order chi connectivity index (χ0) is 25.9. The minimum absolute atomic E-state index is 0.0780. The van der Waals surface area contributed by atoms with E-state index in [0.717, 1.165) is 16.8 Å². The smallest absolute Gasteiger partial charge is 0.435 e. The predicted octanol–water partition coefficient (Wildman–Crippen LogP) is 5.37. The van der Waals surface area contributed by atoms with Gasteiger partial charge in [0.05, 0.1) is 11.6 Å². The van der Waals surface area contributed by atoms with Gasteiger partial charge in [-0.25, -0.2) is 14.5 Å². The van der Waals surface area contributed by atoms with E-state index in [-0.39, 0.29) is 17.5 Å². The van der Waals surface area contributed by atoms with Crippen LogP contribution in [0.4, 0.5) is 24.8 Å². The van der Waals surface area contributed by atoms with Crippen molar-refractivity contribution in [2.45, 2.75) is 13.1 Å². The minimum atomic E-state index is -4.65. The summed E-state index contributed by atoms with van der Waals surface area (Å²) in [5, 5.41) is 24.7. The van der Waals surface area contributed by atoms with E-state index in [1.165, 1.54) is 19.2 Å². The number of halogens is 3. The average molecular weight is 490 g/mol. The first-order valence-corrected chi connectivity index (χ1v) is 10.4. The fourth-order valence-corrected chi connectivity index (χ4v) is 3.40. The van der Waals surface area contributed by atoms with E-state index in [1.54, 1.807) is 48.5 Å². The van der Waals surface area contributed by atoms with E-state index in [1.807, 2.05) is 6.07 Å². The fraction of sp³-hybridized carbons (Fsp3) is 0.0800. The Morgan fingerprint density at radius 3 is 2.64 bits per heavy atom. The first-order valence-electron chi connectivity index (χ1n) is 10.4. The van der Waals surface area contributed by atoms with Gasteiger partial charge >= 0.3 is 12.1 Å². The average Bonchev–Trinajstić information content (AvgIpc) is 3.25. The third kappa shape index (κ3) is 5.39. The highest BCUT2D eigenvalue weighted by Crippen LogP contribution is 2.32. The van der Waals surface area contributed by atoms with Crippen molar-refractivity contribution in [2.24, 2.45) is 0 Å². The van der Waals surface area contributed by atoms with E-state index >= 15 is 0 Å². The van der Waals surface area contributed by atoms with Crippen LogP contribution >= 0.6 is 0 Å². The largest absolute Gasteiger partial charge is 0.478 e. The Kier molecular flexibility index (Phi) is 6.52. The summed E-state index contributed by atoms with van der Waals surface area (Å²) in [4.78, 5) is 19.6. The van der Waals surface area contributed by atoms with Gasteiger partial charge in [0.1, 0.15) is 0 Å². The van der Waals surface area contributed by atoms with Gasteiger partial charge in [-0.2, -0.15) is 28.5 Å². The number of nitriles is 1. The molecule has 8 nitrogen and oxygen atoms in total. The Labute approximate surface area is 203 Å². The Balaban J connectivity index is 1.85. The van der Waals surface area contributed by atoms with Crippen molar-refractivity contribution < 1.29 is 23.1 Å². The highest BCUT2D eigenvalue weighted by molar-refractivity contribution is 5.86. The SMILES string of the molecule is Cc1cc(C(F)(F)F)nn1-c1nc(Nc2cccc(C#N)c2)ncc1-c1cccc(C=CC(=O)O)c1. The van der Waals surface area contributed by atoms with Crippen molar-refractivity contribution in [1.29, 1.82) is 5.26 Å². The maximum atomic E-state index is 13.4. The summed E-state index contributed by atoms with van der Waals surface area (Å²) in [5.41, 5.74) is 1.52. The van der Waals surface area contributed by atoms with Crippen molar-refractivity contribution in [3.8, 4) is 23.0 Å². The first-order chi connectivity index (χ1) is 17.1. The number of benzene rings is 2. The number of aryl methyl sites for hydroxylation is 1. The molecule has 0 fully saturated rings. The predicted molar refractivity (Wildman–Crippen MR) is 125 cm³/mol. The number of hydrogen-bond donors (Lipinski definition) is 2. The number of aromatic nitrogens is 4. The number of nitrogens with one attached hydrogen (secondary N) is 1. The molecular weight excluding hydrogens is 473 g/mol. The molecule has 4 rings (SSSR count). The molecule has 2 aromatic carbocycles. The fourth-order valence-electron chi connectivity index (χ4n) is 3.40. The summed E-state index contributed by atoms with van der Waals surface area (Å²) in [7, 11) is 0. The third-order valence-electron chi connectivity index (χ3n) is 5.01. The molecule has 2 N–H and O–H groups in total. The van der Waals surface area contributed by atoms with Gasteiger partial charge in [0.25, 0.3) is 0 Å². The van der Waals surface area contributed by atoms with Crippen LogP contribution < -0.4 is 5.32 Å². The van der Waals surface area contributed by atoms with Crippen LogP contribution in [-0.2, 0) is 11.0 Å². The van der Waals surface area contributed by atoms with E-state index in [9.17, 15) is 18.0 Å². The van der Waals surface area contributed by atoms with Gasteiger partial charge in [-0.1, -0.05) is 24.3 Å². The van der Waals surface area contributed by atoms with Gasteiger partial charge in [-0.05, 0) is 54.5 Å². The quantitative estimate of drug-likeness (QED) is 0.349. The lowest BCUT2D eigenvalue weighted by Gasteiger charge is -2.13. The summed E-state index contributed by atoms with van der Waals surface area (Å²) in [6.07, 6.45) is -0.839. The van der Waals surface area contributed by atoms with Crippen molar-refractivity contribution in [2.75, 3.05) is 5.32 Å². The number of aliphatic carboxylic acids is 1. The molecule has 0 radical (unpaired) electrons. The zero-order valence-electron chi connectivity index (χ0n) is 18.7. The molecule has 0 bridgehead atoms. The van der Waals surface area contributed by atoms with Gasteiger partial charge in [-0.15, -0.1) is 0 Å². The molecule has 0 saturated carbocycles. The summed E-state index contributed by atoms with van der Waals surface area (Å²) < 4.78 is 41.2. The molecule has 4 aromatic rings. The zero-order valence-corrected chi connectivity index (χ0v) is 18.7. The molecule has 0 atom stereocenters. The number of alkyl halides is 3. The summed E-state index contributed by atoms with van der Waals surface area (Å²) in [5.74, 6) is -0.960. The number of hydrogen-bond acceptors (Lipinski definition) is 6. The Bertz CT molecular complexity index is 1520. The van der Waals surface area contributed by atoms with Gasteiger partial charge in [0.2, 0.25) is 5.95 Å². The Morgan fingerprint density at radius 2 is 1.94 bits per heavy atom. The molecule has 0 aliphatic carbocycles. The molecule has 11 heteroatoms. The van der Waals surface area contributed by atoms with Crippen LogP contribution in [0.2, 0.25) is 0 Å². The van der Waals surface area contributed by atoms with Crippen LogP contribution in [0, 0.1) is 18.3 Å². The van der Waals surface area contributed by atoms with Gasteiger partial charge in [-0.3, -0.25) is 0 Å². The Morgan fingerprint density at radius 1 is 1.17 bits per heavy atom. The molecule has 0 aliphatic heterocycles. The van der Waals surface area contributed by atoms with E-state index < -0.39 is 17.8 Å². The number of nitrogens with zero attached hydrogens (tertiary/aromatic N) is 5. The monoisotopic (exact) mass is 490 g/mol. The maximum absolute atomic E-state index is 13.4. The highest BCUT2D eigenvalue weighted by atomic mass is 19.4. The van der Waals surface area contributed by atoms with Crippen molar-refractivity contribution in [1.82, 2.24) is 19.7 Å². The number of carboxylic acid groups (broad SMARTS) is 1. The molecule has 2 aromatic heterocycles. The van der Waals surface area contributed by atoms with E-state index in [2.05, 4.69) is 20.4 Å². The molecule has 2 heterocycles. The molecule has 180 valence electrons. The summed E-state index contributed by atoms with van der Waals surface area (Å²) in [6.45, 7) is 1.48. The van der Waals surface area contributed by atoms with Crippen LogP contribution in [0.3, 0.4) is 0 Å². The topological polar surface area (TPSA) is 117 Å². The van der Waals surface area contributed by atoms with Crippen LogP contribution in [-0.4, -0.2) is 30.8 Å². The molecular formula is C25H17F3N6O2. The van der Waals surface area contributed by atoms with E-state index in [0.29, 0.717) is 27.9 Å². The van der Waals surface area contributed by atoms with Gasteiger partial charge < -0.3 is 10.4 Å². The second-order valence-electron chi connectivity index (χ2n) is 7.63. The molecule has 0 unspecified atom stereocenters. The van der Waals surface area contributed by atoms with E-state index in [4.69, 9.17) is 10.4 Å². The summed E-state index contributed by atoms with van der Waals surface area (Å²) in [6, 6.07) is 16.2. The van der Waals surface area contributed by atoms with Crippen LogP contribution in [0.5, 0.6) is 0 Å². The molecule has 0 aliphatic rings. The second kappa shape index (κ2) is 9.71. The van der Waals surface area contributed by atoms with Crippen molar-refractivity contribution >= 4 is 23.7 Å². The molecule has 0 spiro atoms. The molecule has 0 saturated heterocycles. The number of carbonyl (C=O) groups is 1. The highest BCUT2D eigenvalue weighted by Gasteiger charge is 2.35. The lowest BCUT2D eigenvalue weighted by molar-refractivity contribution is -0.141. The van der Waals surface area contributed by atoms with Crippen LogP contribution in [0.1, 0.15) is 22.5 Å². The van der Waals surface area contributed by atoms with Gasteiger partial charge in [0.15, 0.2) is 11.5 Å². The van der Waals surface area contributed by atoms with Crippen molar-refractivity contribution in [3.05, 3.63) is 89.4 Å². The summed E-state index contributed by atoms with van der Waals surface area (Å²) >= 11 is 0. The maximum Gasteiger partial charge on any atom is 0.435 e. The lowest BCUT2D eigenvalue weighted by Crippen LogP contribution is -2.10. The van der Waals surface area contributed by atoms with Gasteiger partial charge in [0, 0.05) is 29.2 Å². The number of rotatable bonds is 6.